The van der Waals surface area contributed by atoms with Crippen LogP contribution in [0.5, 0.6) is 0 Å². The van der Waals surface area contributed by atoms with E-state index in [4.69, 9.17) is 33.9 Å². The summed E-state index contributed by atoms with van der Waals surface area (Å²) in [4.78, 5) is 21.8. The molecule has 3 rings (SSSR count). The molecule has 3 atom stereocenters. The van der Waals surface area contributed by atoms with Crippen LogP contribution >= 0.6 is 23.2 Å². The number of benzene rings is 2. The van der Waals surface area contributed by atoms with Crippen molar-refractivity contribution in [2.24, 2.45) is 21.2 Å². The van der Waals surface area contributed by atoms with Gasteiger partial charge in [-0.05, 0) is 29.3 Å². The molecule has 1 aliphatic heterocycles. The van der Waals surface area contributed by atoms with Gasteiger partial charge in [-0.2, -0.15) is 5.48 Å². The maximum atomic E-state index is 12.7. The van der Waals surface area contributed by atoms with Crippen molar-refractivity contribution in [3.05, 3.63) is 69.2 Å². The van der Waals surface area contributed by atoms with Gasteiger partial charge in [-0.15, -0.1) is 5.11 Å². The van der Waals surface area contributed by atoms with Gasteiger partial charge in [0.25, 0.3) is 5.91 Å². The number of amidine groups is 1. The van der Waals surface area contributed by atoms with E-state index in [-0.39, 0.29) is 18.3 Å². The van der Waals surface area contributed by atoms with Gasteiger partial charge in [0, 0.05) is 22.7 Å². The second-order valence-electron chi connectivity index (χ2n) is 6.44. The number of amides is 1. The van der Waals surface area contributed by atoms with E-state index < -0.39 is 18.2 Å². The van der Waals surface area contributed by atoms with Crippen LogP contribution in [0.4, 0.5) is 0 Å². The maximum Gasteiger partial charge on any atom is 0.252 e. The number of halogens is 2. The summed E-state index contributed by atoms with van der Waals surface area (Å²) < 4.78 is 0. The van der Waals surface area contributed by atoms with Crippen molar-refractivity contribution in [1.82, 2.24) is 10.8 Å². The zero-order valence-corrected chi connectivity index (χ0v) is 17.4. The van der Waals surface area contributed by atoms with Crippen molar-refractivity contribution in [2.75, 3.05) is 13.7 Å². The summed E-state index contributed by atoms with van der Waals surface area (Å²) >= 11 is 12.4. The molecule has 5 N–H and O–H groups in total. The number of carbonyl (C=O) groups excluding carboxylic acids is 1. The Kier molecular flexibility index (Phi) is 7.35. The second kappa shape index (κ2) is 9.96. The van der Waals surface area contributed by atoms with Crippen molar-refractivity contribution in [3.63, 3.8) is 0 Å². The Bertz CT molecular complexity index is 984. The zero-order chi connectivity index (χ0) is 21.7. The Labute approximate surface area is 182 Å². The number of nitrogens with two attached hydrogens (primary N) is 1. The molecule has 1 aliphatic rings. The molecule has 0 fully saturated rings. The molecule has 0 saturated heterocycles. The summed E-state index contributed by atoms with van der Waals surface area (Å²) in [5.74, 6) is 4.36. The van der Waals surface area contributed by atoms with E-state index in [2.05, 4.69) is 26.1 Å². The minimum atomic E-state index is -1.21. The molecule has 2 aromatic carbocycles. The monoisotopic (exact) mass is 450 g/mol. The Hall–Kier alpha value is -2.56. The van der Waals surface area contributed by atoms with E-state index in [1.54, 1.807) is 42.5 Å². The summed E-state index contributed by atoms with van der Waals surface area (Å²) in [7, 11) is 1.51. The summed E-state index contributed by atoms with van der Waals surface area (Å²) in [6, 6.07) is 11.4. The molecule has 1 unspecified atom stereocenters. The van der Waals surface area contributed by atoms with Gasteiger partial charge >= 0.3 is 0 Å². The molecule has 9 nitrogen and oxygen atoms in total. The molecule has 30 heavy (non-hydrogen) atoms. The van der Waals surface area contributed by atoms with E-state index in [1.807, 2.05) is 0 Å². The van der Waals surface area contributed by atoms with E-state index in [0.717, 1.165) is 0 Å². The van der Waals surface area contributed by atoms with Crippen LogP contribution in [-0.2, 0) is 4.84 Å². The third-order valence-electron chi connectivity index (χ3n) is 4.68. The summed E-state index contributed by atoms with van der Waals surface area (Å²) in [6.07, 6.45) is -1.21. The first-order valence-electron chi connectivity index (χ1n) is 8.93. The first-order chi connectivity index (χ1) is 14.5. The SMILES string of the molecule is CN=C(CONC(O)[C@@H]1c2ccccc2C(=O)N[C@H]1c1ccc(Cl)cc1Cl)N=NN. The highest BCUT2D eigenvalue weighted by Crippen LogP contribution is 2.41. The van der Waals surface area contributed by atoms with Crippen molar-refractivity contribution < 1.29 is 14.7 Å². The molecule has 11 heteroatoms. The van der Waals surface area contributed by atoms with Crippen molar-refractivity contribution in [1.29, 1.82) is 0 Å². The van der Waals surface area contributed by atoms with Gasteiger partial charge in [-0.1, -0.05) is 52.7 Å². The van der Waals surface area contributed by atoms with Crippen LogP contribution < -0.4 is 16.6 Å². The number of carbonyl (C=O) groups is 1. The summed E-state index contributed by atoms with van der Waals surface area (Å²) in [5, 5.41) is 21.4. The number of hydrogen-bond donors (Lipinski definition) is 4. The standard InChI is InChI=1S/C19H20Cl2N6O3/c1-23-15(25-27-22)9-30-26-19(29)16-11-4-2-3-5-12(11)18(28)24-17(16)13-7-6-10(20)8-14(13)21/h2-8,16-17,19,26,29H,9H2,1H3,(H,24,28)(H2,22,23,25)/t16-,17+,19?/m1/s1. The third kappa shape index (κ3) is 4.77. The second-order valence-corrected chi connectivity index (χ2v) is 7.28. The number of hydroxylamine groups is 1. The minimum absolute atomic E-state index is 0.0820. The Balaban J connectivity index is 1.91. The van der Waals surface area contributed by atoms with Gasteiger partial charge in [-0.3, -0.25) is 14.6 Å². The number of rotatable bonds is 6. The van der Waals surface area contributed by atoms with Gasteiger partial charge in [0.1, 0.15) is 12.8 Å². The lowest BCUT2D eigenvalue weighted by molar-refractivity contribution is -0.0600. The van der Waals surface area contributed by atoms with Gasteiger partial charge in [-0.25, -0.2) is 0 Å². The molecular weight excluding hydrogens is 431 g/mol. The fourth-order valence-electron chi connectivity index (χ4n) is 3.33. The van der Waals surface area contributed by atoms with E-state index >= 15 is 0 Å². The van der Waals surface area contributed by atoms with E-state index in [0.29, 0.717) is 26.7 Å². The quantitative estimate of drug-likeness (QED) is 0.134. The number of nitrogens with zero attached hydrogens (tertiary/aromatic N) is 3. The number of nitrogens with one attached hydrogen (secondary N) is 2. The largest absolute Gasteiger partial charge is 0.376 e. The highest BCUT2D eigenvalue weighted by Gasteiger charge is 2.39. The number of hydrogen-bond acceptors (Lipinski definition) is 6. The van der Waals surface area contributed by atoms with Gasteiger partial charge < -0.3 is 16.3 Å². The fraction of sp³-hybridized carbons (Fsp3) is 0.263. The van der Waals surface area contributed by atoms with Crippen LogP contribution in [0.15, 0.2) is 57.8 Å². The predicted molar refractivity (Wildman–Crippen MR) is 113 cm³/mol. The molecule has 0 bridgehead atoms. The van der Waals surface area contributed by atoms with Crippen LogP contribution in [0.2, 0.25) is 10.0 Å². The van der Waals surface area contributed by atoms with Crippen LogP contribution in [-0.4, -0.2) is 36.7 Å². The molecule has 0 saturated carbocycles. The molecule has 0 aliphatic carbocycles. The van der Waals surface area contributed by atoms with Gasteiger partial charge in [0.2, 0.25) is 0 Å². The lowest BCUT2D eigenvalue weighted by Gasteiger charge is -2.37. The number of aliphatic imine (C=N–C) groups is 1. The number of aliphatic hydroxyl groups is 1. The lowest BCUT2D eigenvalue weighted by Crippen LogP contribution is -2.47. The van der Waals surface area contributed by atoms with Crippen molar-refractivity contribution in [3.8, 4) is 0 Å². The summed E-state index contributed by atoms with van der Waals surface area (Å²) in [6.45, 7) is -0.0820. The van der Waals surface area contributed by atoms with Crippen LogP contribution in [0.1, 0.15) is 33.4 Å². The topological polar surface area (TPSA) is 134 Å². The van der Waals surface area contributed by atoms with Crippen molar-refractivity contribution >= 4 is 34.9 Å². The number of fused-ring (bicyclic) bond motifs is 1. The Morgan fingerprint density at radius 2 is 2.07 bits per heavy atom. The van der Waals surface area contributed by atoms with E-state index in [9.17, 15) is 9.90 Å². The first kappa shape index (κ1) is 22.1. The van der Waals surface area contributed by atoms with E-state index in [1.165, 1.54) is 7.05 Å². The average Bonchev–Trinajstić information content (AvgIpc) is 2.73. The third-order valence-corrected chi connectivity index (χ3v) is 5.25. The molecular formula is C19H20Cl2N6O3. The maximum absolute atomic E-state index is 12.7. The highest BCUT2D eigenvalue weighted by molar-refractivity contribution is 6.35. The van der Waals surface area contributed by atoms with Crippen LogP contribution in [0.3, 0.4) is 0 Å². The molecule has 2 aromatic rings. The minimum Gasteiger partial charge on any atom is -0.376 e. The van der Waals surface area contributed by atoms with Crippen LogP contribution in [0.25, 0.3) is 0 Å². The zero-order valence-electron chi connectivity index (χ0n) is 15.9. The molecule has 1 heterocycles. The average molecular weight is 451 g/mol. The Morgan fingerprint density at radius 3 is 2.77 bits per heavy atom. The normalized spacial score (nSPS) is 20.1. The molecule has 0 spiro atoms. The van der Waals surface area contributed by atoms with Crippen LogP contribution in [0, 0.1) is 0 Å². The first-order valence-corrected chi connectivity index (χ1v) is 9.68. The molecule has 0 radical (unpaired) electrons. The molecule has 1 amide bonds. The fourth-order valence-corrected chi connectivity index (χ4v) is 3.86. The summed E-state index contributed by atoms with van der Waals surface area (Å²) in [5.41, 5.74) is 4.29. The Morgan fingerprint density at radius 1 is 1.30 bits per heavy atom. The number of aliphatic hydroxyl groups excluding tert-OH is 1. The van der Waals surface area contributed by atoms with Gasteiger partial charge in [0.15, 0.2) is 5.84 Å². The molecule has 0 aromatic heterocycles. The van der Waals surface area contributed by atoms with Gasteiger partial charge in [0.05, 0.1) is 12.0 Å². The molecule has 158 valence electrons. The smallest absolute Gasteiger partial charge is 0.252 e. The predicted octanol–water partition coefficient (Wildman–Crippen LogP) is 2.76. The van der Waals surface area contributed by atoms with Crippen molar-refractivity contribution in [2.45, 2.75) is 18.2 Å². The lowest BCUT2D eigenvalue weighted by atomic mass is 9.80. The highest BCUT2D eigenvalue weighted by atomic mass is 35.5.